The molecule has 3 aromatic carbocycles. The van der Waals surface area contributed by atoms with Crippen LogP contribution in [0, 0.1) is 0 Å². The van der Waals surface area contributed by atoms with Gasteiger partial charge in [0.05, 0.1) is 17.7 Å². The van der Waals surface area contributed by atoms with Crippen LogP contribution in [0.3, 0.4) is 0 Å². The largest absolute Gasteiger partial charge is 0.495 e. The van der Waals surface area contributed by atoms with Gasteiger partial charge in [-0.05, 0) is 70.0 Å². The topological polar surface area (TPSA) is 96.0 Å². The predicted molar refractivity (Wildman–Crippen MR) is 158 cm³/mol. The van der Waals surface area contributed by atoms with Crippen LogP contribution >= 0.6 is 11.6 Å². The van der Waals surface area contributed by atoms with Crippen LogP contribution in [0.25, 0.3) is 0 Å². The Hall–Kier alpha value is -3.56. The summed E-state index contributed by atoms with van der Waals surface area (Å²) >= 11 is 6.26. The Bertz CT molecular complexity index is 1410. The Morgan fingerprint density at radius 2 is 1.57 bits per heavy atom. The lowest BCUT2D eigenvalue weighted by molar-refractivity contribution is -0.139. The summed E-state index contributed by atoms with van der Waals surface area (Å²) in [5, 5.41) is 3.19. The predicted octanol–water partition coefficient (Wildman–Crippen LogP) is 4.92. The smallest absolute Gasteiger partial charge is 0.264 e. The first kappa shape index (κ1) is 31.0. The molecule has 1 unspecified atom stereocenters. The molecule has 1 atom stereocenters. The monoisotopic (exact) mass is 585 g/mol. The number of hydrogen-bond acceptors (Lipinski definition) is 5. The number of benzene rings is 3. The number of amides is 2. The van der Waals surface area contributed by atoms with Gasteiger partial charge in [0, 0.05) is 17.1 Å². The van der Waals surface area contributed by atoms with Gasteiger partial charge < -0.3 is 15.0 Å². The molecule has 40 heavy (non-hydrogen) atoms. The Kier molecular flexibility index (Phi) is 10.2. The fraction of sp³-hybridized carbons (Fsp3) is 0.333. The summed E-state index contributed by atoms with van der Waals surface area (Å²) in [6.07, 6.45) is 0.478. The van der Waals surface area contributed by atoms with E-state index in [0.29, 0.717) is 6.42 Å². The molecule has 0 fully saturated rings. The van der Waals surface area contributed by atoms with Crippen LogP contribution in [0.5, 0.6) is 5.75 Å². The summed E-state index contributed by atoms with van der Waals surface area (Å²) in [5.41, 5.74) is 0.576. The molecule has 8 nitrogen and oxygen atoms in total. The molecule has 0 heterocycles. The zero-order valence-electron chi connectivity index (χ0n) is 23.4. The second-order valence-corrected chi connectivity index (χ2v) is 12.7. The first-order chi connectivity index (χ1) is 18.8. The lowest BCUT2D eigenvalue weighted by atomic mass is 10.1. The number of anilines is 1. The molecule has 214 valence electrons. The van der Waals surface area contributed by atoms with Crippen LogP contribution in [0.4, 0.5) is 5.69 Å². The van der Waals surface area contributed by atoms with Crippen molar-refractivity contribution in [1.82, 2.24) is 10.2 Å². The lowest BCUT2D eigenvalue weighted by Gasteiger charge is -2.33. The average molecular weight is 586 g/mol. The van der Waals surface area contributed by atoms with Crippen LogP contribution in [-0.4, -0.2) is 56.9 Å². The molecule has 1 N–H and O–H groups in total. The van der Waals surface area contributed by atoms with Crippen molar-refractivity contribution >= 4 is 39.1 Å². The Balaban J connectivity index is 2.04. The van der Waals surface area contributed by atoms with Gasteiger partial charge in [-0.15, -0.1) is 0 Å². The molecule has 0 saturated heterocycles. The highest BCUT2D eigenvalue weighted by molar-refractivity contribution is 7.92. The van der Waals surface area contributed by atoms with Crippen molar-refractivity contribution in [2.75, 3.05) is 24.5 Å². The molecule has 3 aromatic rings. The maximum Gasteiger partial charge on any atom is 0.264 e. The zero-order chi connectivity index (χ0) is 29.5. The molecule has 0 spiro atoms. The highest BCUT2D eigenvalue weighted by Gasteiger charge is 2.34. The SMILES string of the molecule is COc1ccc(Cl)cc1N(CC(=O)N(CCc1ccccc1)C(C)C(=O)NC(C)(C)C)S(=O)(=O)c1ccccc1. The van der Waals surface area contributed by atoms with E-state index in [9.17, 15) is 18.0 Å². The third-order valence-corrected chi connectivity index (χ3v) is 8.18. The highest BCUT2D eigenvalue weighted by atomic mass is 35.5. The van der Waals surface area contributed by atoms with E-state index in [1.54, 1.807) is 37.3 Å². The maximum atomic E-state index is 14.0. The minimum Gasteiger partial charge on any atom is -0.495 e. The quantitative estimate of drug-likeness (QED) is 0.345. The Labute approximate surface area is 241 Å². The van der Waals surface area contributed by atoms with Gasteiger partial charge in [0.15, 0.2) is 0 Å². The first-order valence-electron chi connectivity index (χ1n) is 12.9. The van der Waals surface area contributed by atoms with E-state index < -0.39 is 34.1 Å². The number of rotatable bonds is 11. The molecule has 0 aliphatic heterocycles. The van der Waals surface area contributed by atoms with Crippen molar-refractivity contribution in [2.24, 2.45) is 0 Å². The van der Waals surface area contributed by atoms with Crippen molar-refractivity contribution < 1.29 is 22.7 Å². The van der Waals surface area contributed by atoms with Crippen molar-refractivity contribution in [3.05, 3.63) is 89.4 Å². The summed E-state index contributed by atoms with van der Waals surface area (Å²) in [6.45, 7) is 6.83. The zero-order valence-corrected chi connectivity index (χ0v) is 25.0. The first-order valence-corrected chi connectivity index (χ1v) is 14.7. The van der Waals surface area contributed by atoms with Crippen LogP contribution in [0.2, 0.25) is 5.02 Å². The number of hydrogen-bond donors (Lipinski definition) is 1. The van der Waals surface area contributed by atoms with Crippen LogP contribution in [0.15, 0.2) is 83.8 Å². The van der Waals surface area contributed by atoms with Gasteiger partial charge in [0.25, 0.3) is 10.0 Å². The number of carbonyl (C=O) groups is 2. The molecule has 0 saturated carbocycles. The number of sulfonamides is 1. The molecule has 0 bridgehead atoms. The van der Waals surface area contributed by atoms with Gasteiger partial charge in [-0.1, -0.05) is 60.1 Å². The van der Waals surface area contributed by atoms with Gasteiger partial charge in [-0.25, -0.2) is 8.42 Å². The van der Waals surface area contributed by atoms with Crippen LogP contribution in [-0.2, 0) is 26.0 Å². The van der Waals surface area contributed by atoms with Gasteiger partial charge in [-0.2, -0.15) is 0 Å². The van der Waals surface area contributed by atoms with Gasteiger partial charge in [0.1, 0.15) is 18.3 Å². The Morgan fingerprint density at radius 3 is 2.15 bits per heavy atom. The molecule has 0 radical (unpaired) electrons. The van der Waals surface area contributed by atoms with E-state index in [1.807, 2.05) is 51.1 Å². The fourth-order valence-corrected chi connectivity index (χ4v) is 5.74. The van der Waals surface area contributed by atoms with Gasteiger partial charge in [0.2, 0.25) is 11.8 Å². The summed E-state index contributed by atoms with van der Waals surface area (Å²) in [5.74, 6) is -0.660. The molecular formula is C30H36ClN3O5S. The van der Waals surface area contributed by atoms with Crippen LogP contribution in [0.1, 0.15) is 33.3 Å². The normalized spacial score (nSPS) is 12.3. The molecule has 3 rings (SSSR count). The second-order valence-electron chi connectivity index (χ2n) is 10.4. The summed E-state index contributed by atoms with van der Waals surface area (Å²) in [7, 11) is -2.82. The third-order valence-electron chi connectivity index (χ3n) is 6.17. The highest BCUT2D eigenvalue weighted by Crippen LogP contribution is 2.35. The number of carbonyl (C=O) groups excluding carboxylic acids is 2. The van der Waals surface area contributed by atoms with Crippen molar-refractivity contribution in [3.63, 3.8) is 0 Å². The second kappa shape index (κ2) is 13.2. The number of halogens is 1. The van der Waals surface area contributed by atoms with E-state index in [1.165, 1.54) is 30.2 Å². The maximum absolute atomic E-state index is 14.0. The molecule has 0 aliphatic carbocycles. The number of nitrogens with one attached hydrogen (secondary N) is 1. The van der Waals surface area contributed by atoms with Gasteiger partial charge >= 0.3 is 0 Å². The summed E-state index contributed by atoms with van der Waals surface area (Å²) in [4.78, 5) is 28.6. The van der Waals surface area contributed by atoms with Crippen LogP contribution < -0.4 is 14.4 Å². The summed E-state index contributed by atoms with van der Waals surface area (Å²) < 4.78 is 34.3. The minimum atomic E-state index is -4.23. The minimum absolute atomic E-state index is 0.000752. The Morgan fingerprint density at radius 1 is 0.975 bits per heavy atom. The number of ether oxygens (including phenoxy) is 1. The number of nitrogens with zero attached hydrogens (tertiary/aromatic N) is 2. The van der Waals surface area contributed by atoms with E-state index in [4.69, 9.17) is 16.3 Å². The fourth-order valence-electron chi connectivity index (χ4n) is 4.14. The molecular weight excluding hydrogens is 550 g/mol. The van der Waals surface area contributed by atoms with E-state index >= 15 is 0 Å². The average Bonchev–Trinajstić information content (AvgIpc) is 2.91. The third kappa shape index (κ3) is 7.99. The molecule has 2 amide bonds. The van der Waals surface area contributed by atoms with Crippen molar-refractivity contribution in [3.8, 4) is 5.75 Å². The van der Waals surface area contributed by atoms with E-state index in [0.717, 1.165) is 9.87 Å². The van der Waals surface area contributed by atoms with E-state index in [-0.39, 0.29) is 33.8 Å². The van der Waals surface area contributed by atoms with Crippen molar-refractivity contribution in [1.29, 1.82) is 0 Å². The molecule has 10 heteroatoms. The number of methoxy groups -OCH3 is 1. The standard InChI is InChI=1S/C30H36ClN3O5S/c1-22(29(36)32-30(2,3)4)33(19-18-23-12-8-6-9-13-23)28(35)21-34(26-20-24(31)16-17-27(26)39-5)40(37,38)25-14-10-7-11-15-25/h6-17,20,22H,18-19,21H2,1-5H3,(H,32,36). The van der Waals surface area contributed by atoms with Gasteiger partial charge in [-0.3, -0.25) is 13.9 Å². The molecule has 0 aliphatic rings. The lowest BCUT2D eigenvalue weighted by Crippen LogP contribution is -2.55. The molecule has 0 aromatic heterocycles. The van der Waals surface area contributed by atoms with E-state index in [2.05, 4.69) is 5.32 Å². The van der Waals surface area contributed by atoms with Crippen molar-refractivity contribution in [2.45, 2.75) is 50.6 Å². The summed E-state index contributed by atoms with van der Waals surface area (Å²) in [6, 6.07) is 21.1.